The second-order valence-electron chi connectivity index (χ2n) is 6.02. The van der Waals surface area contributed by atoms with Crippen molar-refractivity contribution in [2.75, 3.05) is 0 Å². The van der Waals surface area contributed by atoms with Gasteiger partial charge in [-0.05, 0) is 36.1 Å². The van der Waals surface area contributed by atoms with Crippen molar-refractivity contribution >= 4 is 43.1 Å². The van der Waals surface area contributed by atoms with E-state index in [2.05, 4.69) is 9.97 Å². The maximum Gasteiger partial charge on any atom is 0.0948 e. The lowest BCUT2D eigenvalue weighted by Crippen LogP contribution is -2.63. The van der Waals surface area contributed by atoms with Crippen LogP contribution in [0.5, 0.6) is 0 Å². The number of hydrogen-bond donors (Lipinski definition) is 0. The lowest BCUT2D eigenvalue weighted by molar-refractivity contribution is -0.535. The number of para-hydroxylation sites is 2. The van der Waals surface area contributed by atoms with E-state index in [1.165, 1.54) is 22.7 Å². The van der Waals surface area contributed by atoms with Crippen LogP contribution in [-0.4, -0.2) is 22.2 Å². The van der Waals surface area contributed by atoms with Gasteiger partial charge in [0.05, 0.1) is 30.4 Å². The molecule has 4 nitrogen and oxygen atoms in total. The number of rotatable bonds is 2. The first-order chi connectivity index (χ1) is 11.7. The Kier molecular flexibility index (Phi) is 3.21. The molecular formula is C18H12N2O2S2-2. The number of fused-ring (bicyclic) bond motifs is 2. The van der Waals surface area contributed by atoms with Crippen molar-refractivity contribution in [1.29, 1.82) is 0 Å². The van der Waals surface area contributed by atoms with E-state index in [9.17, 15) is 10.2 Å². The number of aromatic nitrogens is 2. The second-order valence-corrected chi connectivity index (χ2v) is 8.14. The van der Waals surface area contributed by atoms with Crippen molar-refractivity contribution in [3.8, 4) is 0 Å². The Hall–Kier alpha value is -1.86. The molecule has 0 spiro atoms. The van der Waals surface area contributed by atoms with Crippen LogP contribution in [0.15, 0.2) is 48.5 Å². The molecule has 0 bridgehead atoms. The van der Waals surface area contributed by atoms with Gasteiger partial charge in [0, 0.05) is 0 Å². The summed E-state index contributed by atoms with van der Waals surface area (Å²) in [6.07, 6.45) is -1.93. The van der Waals surface area contributed by atoms with Crippen LogP contribution in [0.3, 0.4) is 0 Å². The molecule has 6 heteroatoms. The molecule has 2 aromatic heterocycles. The van der Waals surface area contributed by atoms with Gasteiger partial charge in [-0.2, -0.15) is 0 Å². The van der Waals surface area contributed by atoms with E-state index in [1.807, 2.05) is 48.5 Å². The largest absolute Gasteiger partial charge is 0.851 e. The van der Waals surface area contributed by atoms with Crippen LogP contribution in [0, 0.1) is 0 Å². The Morgan fingerprint density at radius 2 is 1.08 bits per heavy atom. The van der Waals surface area contributed by atoms with Gasteiger partial charge in [-0.15, -0.1) is 34.9 Å². The van der Waals surface area contributed by atoms with Gasteiger partial charge in [-0.25, -0.2) is 9.97 Å². The zero-order chi connectivity index (χ0) is 16.3. The third-order valence-electron chi connectivity index (χ3n) is 4.61. The van der Waals surface area contributed by atoms with Crippen LogP contribution in [-0.2, 0) is 0 Å². The van der Waals surface area contributed by atoms with E-state index in [-0.39, 0.29) is 0 Å². The lowest BCUT2D eigenvalue weighted by Gasteiger charge is -2.59. The molecule has 2 heterocycles. The molecule has 0 N–H and O–H groups in total. The van der Waals surface area contributed by atoms with Crippen LogP contribution >= 0.6 is 22.7 Å². The van der Waals surface area contributed by atoms with Crippen LogP contribution in [0.1, 0.15) is 21.9 Å². The molecule has 1 fully saturated rings. The summed E-state index contributed by atoms with van der Waals surface area (Å²) in [5.41, 5.74) is 1.72. The fourth-order valence-corrected chi connectivity index (χ4v) is 5.58. The molecule has 120 valence electrons. The summed E-state index contributed by atoms with van der Waals surface area (Å²) >= 11 is 2.93. The maximum atomic E-state index is 12.7. The SMILES string of the molecule is [O-]C1C(c2nc3ccccc3s2)C([O-])C1c1nc2ccccc2s1. The number of thiazole rings is 2. The third-order valence-corrected chi connectivity index (χ3v) is 6.88. The summed E-state index contributed by atoms with van der Waals surface area (Å²) in [4.78, 5) is 9.02. The Labute approximate surface area is 146 Å². The fourth-order valence-electron chi connectivity index (χ4n) is 3.30. The van der Waals surface area contributed by atoms with Gasteiger partial charge in [0.25, 0.3) is 0 Å². The number of benzene rings is 2. The summed E-state index contributed by atoms with van der Waals surface area (Å²) < 4.78 is 2.05. The van der Waals surface area contributed by atoms with E-state index in [4.69, 9.17) is 0 Å². The molecule has 0 radical (unpaired) electrons. The predicted molar refractivity (Wildman–Crippen MR) is 92.3 cm³/mol. The fraction of sp³-hybridized carbons (Fsp3) is 0.222. The molecule has 0 unspecified atom stereocenters. The predicted octanol–water partition coefficient (Wildman–Crippen LogP) is 2.24. The molecule has 1 saturated carbocycles. The molecule has 0 saturated heterocycles. The Morgan fingerprint density at radius 3 is 1.50 bits per heavy atom. The quantitative estimate of drug-likeness (QED) is 0.555. The molecule has 4 aromatic rings. The molecule has 5 rings (SSSR count). The van der Waals surface area contributed by atoms with Gasteiger partial charge in [0.15, 0.2) is 0 Å². The number of hydrogen-bond acceptors (Lipinski definition) is 6. The van der Waals surface area contributed by atoms with Crippen molar-refractivity contribution in [1.82, 2.24) is 9.97 Å². The zero-order valence-corrected chi connectivity index (χ0v) is 14.1. The smallest absolute Gasteiger partial charge is 0.0948 e. The molecule has 24 heavy (non-hydrogen) atoms. The highest BCUT2D eigenvalue weighted by atomic mass is 32.1. The van der Waals surface area contributed by atoms with Gasteiger partial charge < -0.3 is 10.2 Å². The molecule has 1 aliphatic rings. The van der Waals surface area contributed by atoms with Gasteiger partial charge in [0.2, 0.25) is 0 Å². The van der Waals surface area contributed by atoms with Crippen molar-refractivity contribution in [3.05, 3.63) is 58.5 Å². The second kappa shape index (κ2) is 5.32. The maximum absolute atomic E-state index is 12.7. The van der Waals surface area contributed by atoms with Crippen molar-refractivity contribution < 1.29 is 10.2 Å². The molecule has 2 aromatic carbocycles. The molecule has 0 amide bonds. The van der Waals surface area contributed by atoms with Gasteiger partial charge in [0.1, 0.15) is 0 Å². The van der Waals surface area contributed by atoms with Crippen LogP contribution in [0.4, 0.5) is 0 Å². The first-order valence-corrected chi connectivity index (χ1v) is 9.38. The molecule has 0 aliphatic heterocycles. The minimum Gasteiger partial charge on any atom is -0.851 e. The average Bonchev–Trinajstić information content (AvgIpc) is 3.17. The summed E-state index contributed by atoms with van der Waals surface area (Å²) in [7, 11) is 0. The highest BCUT2D eigenvalue weighted by Crippen LogP contribution is 2.48. The first kappa shape index (κ1) is 14.5. The topological polar surface area (TPSA) is 71.9 Å². The third kappa shape index (κ3) is 2.04. The van der Waals surface area contributed by atoms with E-state index < -0.39 is 24.0 Å². The van der Waals surface area contributed by atoms with E-state index in [1.54, 1.807) is 0 Å². The molecule has 1 aliphatic carbocycles. The van der Waals surface area contributed by atoms with Crippen molar-refractivity contribution in [2.24, 2.45) is 0 Å². The highest BCUT2D eigenvalue weighted by Gasteiger charge is 2.41. The van der Waals surface area contributed by atoms with E-state index >= 15 is 0 Å². The summed E-state index contributed by atoms with van der Waals surface area (Å²) in [5.74, 6) is -1.11. The minimum atomic E-state index is -0.964. The highest BCUT2D eigenvalue weighted by molar-refractivity contribution is 7.19. The number of nitrogens with zero attached hydrogens (tertiary/aromatic N) is 2. The zero-order valence-electron chi connectivity index (χ0n) is 12.5. The Morgan fingerprint density at radius 1 is 0.667 bits per heavy atom. The minimum absolute atomic E-state index is 0.556. The summed E-state index contributed by atoms with van der Waals surface area (Å²) in [5, 5.41) is 26.8. The lowest BCUT2D eigenvalue weighted by atomic mass is 9.69. The average molecular weight is 352 g/mol. The van der Waals surface area contributed by atoms with E-state index in [0.29, 0.717) is 10.0 Å². The van der Waals surface area contributed by atoms with E-state index in [0.717, 1.165) is 20.4 Å². The first-order valence-electron chi connectivity index (χ1n) is 7.75. The van der Waals surface area contributed by atoms with Crippen LogP contribution in [0.2, 0.25) is 0 Å². The molecular weight excluding hydrogens is 340 g/mol. The van der Waals surface area contributed by atoms with Gasteiger partial charge >= 0.3 is 0 Å². The monoisotopic (exact) mass is 352 g/mol. The van der Waals surface area contributed by atoms with Crippen molar-refractivity contribution in [3.63, 3.8) is 0 Å². The van der Waals surface area contributed by atoms with Crippen molar-refractivity contribution in [2.45, 2.75) is 24.0 Å². The summed E-state index contributed by atoms with van der Waals surface area (Å²) in [6.45, 7) is 0. The standard InChI is InChI=1S/C18H12N2O2S2/c21-15-13(17-19-9-5-1-3-7-11(9)23-17)16(22)14(15)18-20-10-6-2-4-8-12(10)24-18/h1-8,13-16H/q-2. The molecule has 0 atom stereocenters. The van der Waals surface area contributed by atoms with Crippen LogP contribution < -0.4 is 10.2 Å². The normalized spacial score (nSPS) is 26.8. The Balaban J connectivity index is 1.49. The Bertz CT molecular complexity index is 884. The summed E-state index contributed by atoms with van der Waals surface area (Å²) in [6, 6.07) is 15.5. The van der Waals surface area contributed by atoms with Gasteiger partial charge in [-0.1, -0.05) is 24.3 Å². The van der Waals surface area contributed by atoms with Crippen LogP contribution in [0.25, 0.3) is 20.4 Å². The van der Waals surface area contributed by atoms with Gasteiger partial charge in [-0.3, -0.25) is 0 Å².